The van der Waals surface area contributed by atoms with Crippen LogP contribution < -0.4 is 10.0 Å². The summed E-state index contributed by atoms with van der Waals surface area (Å²) in [6.07, 6.45) is 4.48. The number of rotatable bonds is 9. The zero-order valence-electron chi connectivity index (χ0n) is 15.4. The molecule has 7 heteroatoms. The molecule has 0 saturated heterocycles. The van der Waals surface area contributed by atoms with Gasteiger partial charge in [-0.3, -0.25) is 4.79 Å². The first-order valence-electron chi connectivity index (χ1n) is 8.22. The van der Waals surface area contributed by atoms with E-state index in [1.165, 1.54) is 7.11 Å². The number of hydrogen-bond donors (Lipinski definition) is 2. The Bertz CT molecular complexity index is 684. The number of aryl methyl sites for hydroxylation is 1. The summed E-state index contributed by atoms with van der Waals surface area (Å²) >= 11 is 0. The van der Waals surface area contributed by atoms with E-state index >= 15 is 0 Å². The Morgan fingerprint density at radius 3 is 2.36 bits per heavy atom. The standard InChI is InChI=1S/C18H28N2O4S/c1-6-7-8-14(3)16(17(19-4)18(21)24-5)20-25(22,23)15-11-9-13(2)10-12-15/h6-7,9-12,14,16-17,19-20H,8H2,1-5H3/b7-6+/t14-,16-,17+/m1/s1. The number of carbonyl (C=O) groups excluding carboxylic acids is 1. The number of carbonyl (C=O) groups is 1. The molecule has 0 aliphatic carbocycles. The van der Waals surface area contributed by atoms with Crippen molar-refractivity contribution in [3.05, 3.63) is 42.0 Å². The number of hydrogen-bond acceptors (Lipinski definition) is 5. The van der Waals surface area contributed by atoms with Crippen molar-refractivity contribution in [3.8, 4) is 0 Å². The zero-order valence-corrected chi connectivity index (χ0v) is 16.3. The number of sulfonamides is 1. The Balaban J connectivity index is 3.17. The van der Waals surface area contributed by atoms with Gasteiger partial charge < -0.3 is 10.1 Å². The Hall–Kier alpha value is -1.70. The Morgan fingerprint density at radius 1 is 1.28 bits per heavy atom. The summed E-state index contributed by atoms with van der Waals surface area (Å²) in [6.45, 7) is 5.68. The monoisotopic (exact) mass is 368 g/mol. The van der Waals surface area contributed by atoms with E-state index < -0.39 is 28.1 Å². The van der Waals surface area contributed by atoms with Gasteiger partial charge in [-0.05, 0) is 45.4 Å². The highest BCUT2D eigenvalue weighted by Crippen LogP contribution is 2.18. The fourth-order valence-electron chi connectivity index (χ4n) is 2.55. The molecule has 0 saturated carbocycles. The van der Waals surface area contributed by atoms with Crippen LogP contribution in [0.25, 0.3) is 0 Å². The summed E-state index contributed by atoms with van der Waals surface area (Å²) < 4.78 is 33.0. The molecule has 0 aromatic heterocycles. The van der Waals surface area contributed by atoms with Crippen LogP contribution in [-0.4, -0.2) is 40.6 Å². The van der Waals surface area contributed by atoms with Crippen molar-refractivity contribution in [2.75, 3.05) is 14.2 Å². The van der Waals surface area contributed by atoms with E-state index in [-0.39, 0.29) is 10.8 Å². The number of allylic oxidation sites excluding steroid dienone is 2. The van der Waals surface area contributed by atoms with Crippen molar-refractivity contribution in [2.24, 2.45) is 5.92 Å². The molecule has 2 N–H and O–H groups in total. The van der Waals surface area contributed by atoms with Gasteiger partial charge in [0.15, 0.2) is 0 Å². The minimum Gasteiger partial charge on any atom is -0.468 e. The molecule has 0 aliphatic heterocycles. The van der Waals surface area contributed by atoms with Crippen molar-refractivity contribution in [3.63, 3.8) is 0 Å². The van der Waals surface area contributed by atoms with Crippen molar-refractivity contribution >= 4 is 16.0 Å². The van der Waals surface area contributed by atoms with Gasteiger partial charge in [0.1, 0.15) is 6.04 Å². The molecule has 0 unspecified atom stereocenters. The average Bonchev–Trinajstić information content (AvgIpc) is 2.59. The number of likely N-dealkylation sites (N-methyl/N-ethyl adjacent to an activating group) is 1. The first-order valence-corrected chi connectivity index (χ1v) is 9.70. The van der Waals surface area contributed by atoms with Gasteiger partial charge in [0.05, 0.1) is 18.0 Å². The number of ether oxygens (including phenoxy) is 1. The van der Waals surface area contributed by atoms with Gasteiger partial charge in [-0.15, -0.1) is 0 Å². The van der Waals surface area contributed by atoms with Gasteiger partial charge >= 0.3 is 5.97 Å². The lowest BCUT2D eigenvalue weighted by atomic mass is 9.92. The maximum Gasteiger partial charge on any atom is 0.324 e. The molecule has 0 radical (unpaired) electrons. The lowest BCUT2D eigenvalue weighted by molar-refractivity contribution is -0.144. The number of esters is 1. The minimum atomic E-state index is -3.77. The van der Waals surface area contributed by atoms with Crippen LogP contribution in [0.4, 0.5) is 0 Å². The third kappa shape index (κ3) is 5.95. The molecule has 0 spiro atoms. The van der Waals surface area contributed by atoms with Crippen LogP contribution in [0.15, 0.2) is 41.3 Å². The summed E-state index contributed by atoms with van der Waals surface area (Å²) in [4.78, 5) is 12.3. The molecule has 1 aromatic rings. The maximum absolute atomic E-state index is 12.8. The normalized spacial score (nSPS) is 15.7. The molecular weight excluding hydrogens is 340 g/mol. The highest BCUT2D eigenvalue weighted by atomic mass is 32.2. The quantitative estimate of drug-likeness (QED) is 0.514. The molecule has 6 nitrogen and oxygen atoms in total. The molecule has 1 aromatic carbocycles. The second-order valence-corrected chi connectivity index (χ2v) is 7.75. The summed E-state index contributed by atoms with van der Waals surface area (Å²) in [5.74, 6) is -0.626. The molecule has 0 amide bonds. The predicted octanol–water partition coefficient (Wildman–Crippen LogP) is 2.01. The lowest BCUT2D eigenvalue weighted by Crippen LogP contribution is -2.56. The van der Waals surface area contributed by atoms with Crippen molar-refractivity contribution in [1.29, 1.82) is 0 Å². The van der Waals surface area contributed by atoms with Crippen molar-refractivity contribution in [2.45, 2.75) is 44.2 Å². The van der Waals surface area contributed by atoms with Gasteiger partial charge in [0.25, 0.3) is 0 Å². The highest BCUT2D eigenvalue weighted by molar-refractivity contribution is 7.89. The second kappa shape index (κ2) is 9.70. The smallest absolute Gasteiger partial charge is 0.324 e. The number of nitrogens with one attached hydrogen (secondary N) is 2. The van der Waals surface area contributed by atoms with Crippen LogP contribution in [-0.2, 0) is 19.6 Å². The molecular formula is C18H28N2O4S. The first kappa shape index (κ1) is 21.3. The summed E-state index contributed by atoms with van der Waals surface area (Å²) in [6, 6.07) is 5.14. The lowest BCUT2D eigenvalue weighted by Gasteiger charge is -2.30. The van der Waals surface area contributed by atoms with Crippen LogP contribution >= 0.6 is 0 Å². The summed E-state index contributed by atoms with van der Waals surface area (Å²) in [7, 11) is -0.870. The third-order valence-corrected chi connectivity index (χ3v) is 5.58. The molecule has 0 aliphatic rings. The van der Waals surface area contributed by atoms with Crippen LogP contribution in [0.2, 0.25) is 0 Å². The van der Waals surface area contributed by atoms with Crippen LogP contribution in [0.5, 0.6) is 0 Å². The fraction of sp³-hybridized carbons (Fsp3) is 0.500. The second-order valence-electron chi connectivity index (χ2n) is 6.03. The highest BCUT2D eigenvalue weighted by Gasteiger charge is 2.35. The van der Waals surface area contributed by atoms with E-state index in [2.05, 4.69) is 10.0 Å². The van der Waals surface area contributed by atoms with Gasteiger partial charge in [-0.25, -0.2) is 13.1 Å². The first-order chi connectivity index (χ1) is 11.8. The van der Waals surface area contributed by atoms with Crippen LogP contribution in [0.1, 0.15) is 25.8 Å². The predicted molar refractivity (Wildman–Crippen MR) is 98.7 cm³/mol. The van der Waals surface area contributed by atoms with E-state index in [9.17, 15) is 13.2 Å². The topological polar surface area (TPSA) is 84.5 Å². The Morgan fingerprint density at radius 2 is 1.88 bits per heavy atom. The number of benzene rings is 1. The van der Waals surface area contributed by atoms with Gasteiger partial charge in [0, 0.05) is 0 Å². The molecule has 0 fully saturated rings. The molecule has 3 atom stereocenters. The van der Waals surface area contributed by atoms with Gasteiger partial charge in [0.2, 0.25) is 10.0 Å². The van der Waals surface area contributed by atoms with Crippen LogP contribution in [0, 0.1) is 12.8 Å². The number of methoxy groups -OCH3 is 1. The van der Waals surface area contributed by atoms with E-state index in [4.69, 9.17) is 4.74 Å². The summed E-state index contributed by atoms with van der Waals surface area (Å²) in [5.41, 5.74) is 0.972. The molecule has 1 rings (SSSR count). The van der Waals surface area contributed by atoms with Crippen LogP contribution in [0.3, 0.4) is 0 Å². The van der Waals surface area contributed by atoms with Gasteiger partial charge in [-0.1, -0.05) is 36.8 Å². The van der Waals surface area contributed by atoms with E-state index in [1.54, 1.807) is 31.3 Å². The Labute approximate surface area is 150 Å². The largest absolute Gasteiger partial charge is 0.468 e. The van der Waals surface area contributed by atoms with Crippen molar-refractivity contribution in [1.82, 2.24) is 10.0 Å². The fourth-order valence-corrected chi connectivity index (χ4v) is 3.90. The minimum absolute atomic E-state index is 0.118. The van der Waals surface area contributed by atoms with E-state index in [1.807, 2.05) is 32.9 Å². The van der Waals surface area contributed by atoms with Gasteiger partial charge in [-0.2, -0.15) is 0 Å². The van der Waals surface area contributed by atoms with E-state index in [0.717, 1.165) is 5.56 Å². The summed E-state index contributed by atoms with van der Waals surface area (Å²) in [5, 5.41) is 2.87. The Kier molecular flexibility index (Phi) is 8.28. The third-order valence-electron chi connectivity index (χ3n) is 4.10. The van der Waals surface area contributed by atoms with E-state index in [0.29, 0.717) is 6.42 Å². The molecule has 0 bridgehead atoms. The SMILES string of the molecule is C/C=C/C[C@@H](C)[C@@H](NS(=O)(=O)c1ccc(C)cc1)[C@H](NC)C(=O)OC. The zero-order chi connectivity index (χ0) is 19.0. The molecule has 0 heterocycles. The molecule has 140 valence electrons. The molecule has 25 heavy (non-hydrogen) atoms. The maximum atomic E-state index is 12.8. The average molecular weight is 368 g/mol. The van der Waals surface area contributed by atoms with Crippen molar-refractivity contribution < 1.29 is 17.9 Å².